The second-order valence-electron chi connectivity index (χ2n) is 4.08. The number of carbonyl (C=O) groups is 1. The SMILES string of the molecule is CCCOCCNCc1cc(Br)ccc1C(=O)OC. The van der Waals surface area contributed by atoms with E-state index in [0.29, 0.717) is 18.7 Å². The van der Waals surface area contributed by atoms with Gasteiger partial charge in [0, 0.05) is 24.2 Å². The van der Waals surface area contributed by atoms with Gasteiger partial charge < -0.3 is 14.8 Å². The summed E-state index contributed by atoms with van der Waals surface area (Å²) < 4.78 is 11.1. The number of esters is 1. The van der Waals surface area contributed by atoms with E-state index in [-0.39, 0.29) is 5.97 Å². The van der Waals surface area contributed by atoms with E-state index in [2.05, 4.69) is 28.2 Å². The number of hydrogen-bond donors (Lipinski definition) is 1. The maximum Gasteiger partial charge on any atom is 0.338 e. The van der Waals surface area contributed by atoms with Crippen molar-refractivity contribution < 1.29 is 14.3 Å². The third-order valence-corrected chi connectivity index (χ3v) is 3.05. The maximum absolute atomic E-state index is 11.6. The Morgan fingerprint density at radius 1 is 1.37 bits per heavy atom. The second-order valence-corrected chi connectivity index (χ2v) is 5.00. The topological polar surface area (TPSA) is 47.6 Å². The molecule has 0 bridgehead atoms. The van der Waals surface area contributed by atoms with Gasteiger partial charge in [-0.05, 0) is 30.2 Å². The maximum atomic E-state index is 11.6. The molecule has 0 saturated carbocycles. The molecule has 1 N–H and O–H groups in total. The fourth-order valence-electron chi connectivity index (χ4n) is 1.63. The van der Waals surface area contributed by atoms with Gasteiger partial charge in [0.1, 0.15) is 0 Å². The van der Waals surface area contributed by atoms with Crippen molar-refractivity contribution in [2.75, 3.05) is 26.9 Å². The van der Waals surface area contributed by atoms with E-state index < -0.39 is 0 Å². The summed E-state index contributed by atoms with van der Waals surface area (Å²) in [5, 5.41) is 3.25. The van der Waals surface area contributed by atoms with Crippen LogP contribution in [0.3, 0.4) is 0 Å². The van der Waals surface area contributed by atoms with Gasteiger partial charge in [0.2, 0.25) is 0 Å². The first-order valence-corrected chi connectivity index (χ1v) is 7.13. The van der Waals surface area contributed by atoms with E-state index in [9.17, 15) is 4.79 Å². The van der Waals surface area contributed by atoms with Crippen LogP contribution in [0.1, 0.15) is 29.3 Å². The number of benzene rings is 1. The van der Waals surface area contributed by atoms with E-state index in [1.807, 2.05) is 12.1 Å². The average Bonchev–Trinajstić information content (AvgIpc) is 2.42. The Hall–Kier alpha value is -0.910. The number of halogens is 1. The monoisotopic (exact) mass is 329 g/mol. The summed E-state index contributed by atoms with van der Waals surface area (Å²) in [5.74, 6) is -0.313. The molecule has 0 aliphatic rings. The Balaban J connectivity index is 2.51. The van der Waals surface area contributed by atoms with Crippen LogP contribution in [0.15, 0.2) is 22.7 Å². The Morgan fingerprint density at radius 3 is 2.84 bits per heavy atom. The van der Waals surface area contributed by atoms with Crippen LogP contribution in [-0.4, -0.2) is 32.8 Å². The predicted octanol–water partition coefficient (Wildman–Crippen LogP) is 2.75. The van der Waals surface area contributed by atoms with Crippen molar-refractivity contribution in [1.29, 1.82) is 0 Å². The fraction of sp³-hybridized carbons (Fsp3) is 0.500. The number of nitrogens with one attached hydrogen (secondary N) is 1. The van der Waals surface area contributed by atoms with Crippen molar-refractivity contribution in [2.24, 2.45) is 0 Å². The minimum absolute atomic E-state index is 0.313. The zero-order valence-electron chi connectivity index (χ0n) is 11.4. The van der Waals surface area contributed by atoms with Crippen molar-refractivity contribution >= 4 is 21.9 Å². The van der Waals surface area contributed by atoms with Gasteiger partial charge in [-0.2, -0.15) is 0 Å². The van der Waals surface area contributed by atoms with E-state index >= 15 is 0 Å². The highest BCUT2D eigenvalue weighted by Gasteiger charge is 2.11. The lowest BCUT2D eigenvalue weighted by Crippen LogP contribution is -2.21. The molecule has 5 heteroatoms. The van der Waals surface area contributed by atoms with Crippen molar-refractivity contribution in [2.45, 2.75) is 19.9 Å². The van der Waals surface area contributed by atoms with Crippen LogP contribution in [0.4, 0.5) is 0 Å². The molecular weight excluding hydrogens is 310 g/mol. The number of methoxy groups -OCH3 is 1. The lowest BCUT2D eigenvalue weighted by atomic mass is 10.1. The Labute approximate surface area is 122 Å². The molecule has 0 unspecified atom stereocenters. The molecule has 19 heavy (non-hydrogen) atoms. The van der Waals surface area contributed by atoms with Crippen molar-refractivity contribution in [3.05, 3.63) is 33.8 Å². The van der Waals surface area contributed by atoms with E-state index in [4.69, 9.17) is 9.47 Å². The molecule has 0 radical (unpaired) electrons. The van der Waals surface area contributed by atoms with Gasteiger partial charge in [0.25, 0.3) is 0 Å². The molecule has 4 nitrogen and oxygen atoms in total. The third kappa shape index (κ3) is 5.72. The summed E-state index contributed by atoms with van der Waals surface area (Å²) in [6.07, 6.45) is 1.03. The summed E-state index contributed by atoms with van der Waals surface area (Å²) in [4.78, 5) is 11.6. The minimum atomic E-state index is -0.313. The lowest BCUT2D eigenvalue weighted by molar-refractivity contribution is 0.0599. The highest BCUT2D eigenvalue weighted by Crippen LogP contribution is 2.17. The van der Waals surface area contributed by atoms with Gasteiger partial charge >= 0.3 is 5.97 Å². The Kier molecular flexibility index (Phi) is 7.70. The highest BCUT2D eigenvalue weighted by molar-refractivity contribution is 9.10. The molecule has 1 rings (SSSR count). The zero-order valence-corrected chi connectivity index (χ0v) is 13.0. The molecule has 0 aliphatic carbocycles. The molecule has 0 fully saturated rings. The second kappa shape index (κ2) is 9.07. The summed E-state index contributed by atoms with van der Waals surface area (Å²) in [6.45, 7) is 4.91. The smallest absolute Gasteiger partial charge is 0.338 e. The van der Waals surface area contributed by atoms with Crippen LogP contribution in [0.5, 0.6) is 0 Å². The molecular formula is C14H20BrNO3. The predicted molar refractivity (Wildman–Crippen MR) is 78.3 cm³/mol. The van der Waals surface area contributed by atoms with Gasteiger partial charge in [-0.3, -0.25) is 0 Å². The molecule has 0 aliphatic heterocycles. The van der Waals surface area contributed by atoms with Crippen molar-refractivity contribution in [1.82, 2.24) is 5.32 Å². The summed E-state index contributed by atoms with van der Waals surface area (Å²) in [7, 11) is 1.39. The minimum Gasteiger partial charge on any atom is -0.465 e. The standard InChI is InChI=1S/C14H20BrNO3/c1-3-7-19-8-6-16-10-11-9-12(15)4-5-13(11)14(17)18-2/h4-5,9,16H,3,6-8,10H2,1-2H3. The zero-order chi connectivity index (χ0) is 14.1. The van der Waals surface area contributed by atoms with Crippen LogP contribution in [0.2, 0.25) is 0 Å². The van der Waals surface area contributed by atoms with Crippen molar-refractivity contribution in [3.63, 3.8) is 0 Å². The van der Waals surface area contributed by atoms with E-state index in [1.165, 1.54) is 7.11 Å². The molecule has 0 atom stereocenters. The summed E-state index contributed by atoms with van der Waals surface area (Å²) >= 11 is 3.41. The van der Waals surface area contributed by atoms with Gasteiger partial charge in [0.05, 0.1) is 19.3 Å². The first-order valence-electron chi connectivity index (χ1n) is 6.34. The van der Waals surface area contributed by atoms with Gasteiger partial charge in [-0.25, -0.2) is 4.79 Å². The first-order chi connectivity index (χ1) is 9.19. The lowest BCUT2D eigenvalue weighted by Gasteiger charge is -2.10. The van der Waals surface area contributed by atoms with Gasteiger partial charge in [-0.1, -0.05) is 22.9 Å². The normalized spacial score (nSPS) is 10.5. The van der Waals surface area contributed by atoms with Crippen molar-refractivity contribution in [3.8, 4) is 0 Å². The summed E-state index contributed by atoms with van der Waals surface area (Å²) in [5.41, 5.74) is 1.50. The molecule has 0 amide bonds. The highest BCUT2D eigenvalue weighted by atomic mass is 79.9. The number of rotatable bonds is 8. The quantitative estimate of drug-likeness (QED) is 0.588. The Morgan fingerprint density at radius 2 is 2.16 bits per heavy atom. The molecule has 0 aromatic heterocycles. The molecule has 1 aromatic carbocycles. The van der Waals surface area contributed by atoms with E-state index in [0.717, 1.165) is 29.6 Å². The third-order valence-electron chi connectivity index (χ3n) is 2.56. The number of ether oxygens (including phenoxy) is 2. The van der Waals surface area contributed by atoms with Crippen LogP contribution in [-0.2, 0) is 16.0 Å². The molecule has 0 saturated heterocycles. The Bertz CT molecular complexity index is 410. The fourth-order valence-corrected chi connectivity index (χ4v) is 2.04. The molecule has 0 spiro atoms. The summed E-state index contributed by atoms with van der Waals surface area (Å²) in [6, 6.07) is 5.52. The number of carbonyl (C=O) groups excluding carboxylic acids is 1. The van der Waals surface area contributed by atoms with Crippen LogP contribution < -0.4 is 5.32 Å². The molecule has 1 aromatic rings. The first kappa shape index (κ1) is 16.1. The van der Waals surface area contributed by atoms with Crippen LogP contribution in [0.25, 0.3) is 0 Å². The molecule has 0 heterocycles. The van der Waals surface area contributed by atoms with Gasteiger partial charge in [0.15, 0.2) is 0 Å². The van der Waals surface area contributed by atoms with E-state index in [1.54, 1.807) is 6.07 Å². The number of hydrogen-bond acceptors (Lipinski definition) is 4. The van der Waals surface area contributed by atoms with Crippen LogP contribution >= 0.6 is 15.9 Å². The molecule has 106 valence electrons. The van der Waals surface area contributed by atoms with Gasteiger partial charge in [-0.15, -0.1) is 0 Å². The average molecular weight is 330 g/mol. The van der Waals surface area contributed by atoms with Crippen LogP contribution in [0, 0.1) is 0 Å². The largest absolute Gasteiger partial charge is 0.465 e.